The molecular weight excluding hydrogens is 303 g/mol. The van der Waals surface area contributed by atoms with E-state index in [2.05, 4.69) is 36.3 Å². The third kappa shape index (κ3) is 3.52. The highest BCUT2D eigenvalue weighted by Crippen LogP contribution is 2.34. The van der Waals surface area contributed by atoms with Crippen molar-refractivity contribution in [3.8, 4) is 0 Å². The molecule has 0 aromatic heterocycles. The number of anilines is 1. The van der Waals surface area contributed by atoms with Gasteiger partial charge in [0.15, 0.2) is 0 Å². The Morgan fingerprint density at radius 1 is 1.05 bits per heavy atom. The third-order valence-electron chi connectivity index (χ3n) is 3.76. The van der Waals surface area contributed by atoms with Crippen LogP contribution in [0.5, 0.6) is 0 Å². The first-order valence-electron chi connectivity index (χ1n) is 6.95. The maximum atomic E-state index is 6.34. The van der Waals surface area contributed by atoms with Crippen LogP contribution in [-0.2, 0) is 6.54 Å². The second-order valence-electron chi connectivity index (χ2n) is 5.08. The van der Waals surface area contributed by atoms with Gasteiger partial charge in [-0.25, -0.2) is 0 Å². The first kappa shape index (κ1) is 16.2. The summed E-state index contributed by atoms with van der Waals surface area (Å²) in [5.74, 6) is 0. The molecule has 2 nitrogen and oxygen atoms in total. The Morgan fingerprint density at radius 2 is 1.71 bits per heavy atom. The van der Waals surface area contributed by atoms with E-state index < -0.39 is 0 Å². The molecule has 4 heteroatoms. The van der Waals surface area contributed by atoms with Crippen molar-refractivity contribution in [2.24, 2.45) is 0 Å². The number of rotatable bonds is 5. The predicted octanol–water partition coefficient (Wildman–Crippen LogP) is 4.91. The third-order valence-corrected chi connectivity index (χ3v) is 4.46. The van der Waals surface area contributed by atoms with Crippen molar-refractivity contribution in [1.82, 2.24) is 5.32 Å². The minimum Gasteiger partial charge on any atom is -0.367 e. The molecule has 0 aliphatic heterocycles. The highest BCUT2D eigenvalue weighted by Gasteiger charge is 2.18. The summed E-state index contributed by atoms with van der Waals surface area (Å²) in [6, 6.07) is 14.1. The molecule has 0 amide bonds. The molecule has 112 valence electrons. The van der Waals surface area contributed by atoms with Gasteiger partial charge in [-0.2, -0.15) is 0 Å². The molecule has 0 bridgehead atoms. The van der Waals surface area contributed by atoms with Crippen LogP contribution in [0.2, 0.25) is 10.0 Å². The summed E-state index contributed by atoms with van der Waals surface area (Å²) in [7, 11) is 3.99. The minimum atomic E-state index is 0.160. The number of halogens is 2. The van der Waals surface area contributed by atoms with Gasteiger partial charge in [0.1, 0.15) is 0 Å². The molecule has 0 saturated carbocycles. The zero-order valence-corrected chi connectivity index (χ0v) is 14.0. The average molecular weight is 323 g/mol. The zero-order valence-electron chi connectivity index (χ0n) is 12.5. The summed E-state index contributed by atoms with van der Waals surface area (Å²) in [5, 5.41) is 4.74. The maximum absolute atomic E-state index is 6.34. The number of hydrogen-bond acceptors (Lipinski definition) is 2. The molecule has 0 saturated heterocycles. The topological polar surface area (TPSA) is 15.3 Å². The lowest BCUT2D eigenvalue weighted by atomic mass is 10.0. The van der Waals surface area contributed by atoms with Gasteiger partial charge >= 0.3 is 0 Å². The van der Waals surface area contributed by atoms with Crippen LogP contribution < -0.4 is 10.2 Å². The van der Waals surface area contributed by atoms with Crippen molar-refractivity contribution in [2.45, 2.75) is 19.5 Å². The fourth-order valence-electron chi connectivity index (χ4n) is 2.46. The summed E-state index contributed by atoms with van der Waals surface area (Å²) >= 11 is 12.7. The quantitative estimate of drug-likeness (QED) is 0.841. The minimum absolute atomic E-state index is 0.160. The molecule has 1 atom stereocenters. The first-order valence-corrected chi connectivity index (χ1v) is 7.71. The van der Waals surface area contributed by atoms with Gasteiger partial charge in [0.2, 0.25) is 0 Å². The summed E-state index contributed by atoms with van der Waals surface area (Å²) in [5.41, 5.74) is 3.32. The van der Waals surface area contributed by atoms with Crippen LogP contribution in [0.15, 0.2) is 42.5 Å². The predicted molar refractivity (Wildman–Crippen MR) is 92.5 cm³/mol. The van der Waals surface area contributed by atoms with Crippen LogP contribution in [0.4, 0.5) is 5.69 Å². The molecule has 21 heavy (non-hydrogen) atoms. The summed E-state index contributed by atoms with van der Waals surface area (Å²) in [6.45, 7) is 2.87. The number of hydrogen-bond donors (Lipinski definition) is 1. The maximum Gasteiger partial charge on any atom is 0.0525 e. The SMILES string of the molecule is CNCc1c(Cl)cccc1N(C)C(C)c1ccccc1Cl. The molecule has 1 unspecified atom stereocenters. The van der Waals surface area contributed by atoms with Gasteiger partial charge in [0.05, 0.1) is 6.04 Å². The molecule has 1 N–H and O–H groups in total. The van der Waals surface area contributed by atoms with Crippen molar-refractivity contribution in [2.75, 3.05) is 19.0 Å². The van der Waals surface area contributed by atoms with E-state index in [0.29, 0.717) is 0 Å². The van der Waals surface area contributed by atoms with Crippen LogP contribution in [0.3, 0.4) is 0 Å². The smallest absolute Gasteiger partial charge is 0.0525 e. The fraction of sp³-hybridized carbons (Fsp3) is 0.294. The van der Waals surface area contributed by atoms with E-state index in [9.17, 15) is 0 Å². The van der Waals surface area contributed by atoms with E-state index in [0.717, 1.165) is 33.4 Å². The molecule has 0 spiro atoms. The van der Waals surface area contributed by atoms with Crippen LogP contribution in [0.25, 0.3) is 0 Å². The highest BCUT2D eigenvalue weighted by atomic mass is 35.5. The molecule has 2 aromatic carbocycles. The van der Waals surface area contributed by atoms with Crippen LogP contribution in [-0.4, -0.2) is 14.1 Å². The highest BCUT2D eigenvalue weighted by molar-refractivity contribution is 6.32. The van der Waals surface area contributed by atoms with E-state index in [1.165, 1.54) is 0 Å². The lowest BCUT2D eigenvalue weighted by molar-refractivity contribution is 0.727. The lowest BCUT2D eigenvalue weighted by Gasteiger charge is -2.30. The van der Waals surface area contributed by atoms with Crippen molar-refractivity contribution in [1.29, 1.82) is 0 Å². The molecule has 0 aliphatic carbocycles. The largest absolute Gasteiger partial charge is 0.367 e. The zero-order chi connectivity index (χ0) is 15.4. The van der Waals surface area contributed by atoms with Crippen LogP contribution in [0.1, 0.15) is 24.1 Å². The van der Waals surface area contributed by atoms with Gasteiger partial charge in [0, 0.05) is 34.9 Å². The molecule has 0 aliphatic rings. The van der Waals surface area contributed by atoms with Crippen LogP contribution >= 0.6 is 23.2 Å². The van der Waals surface area contributed by atoms with E-state index in [1.807, 2.05) is 37.4 Å². The van der Waals surface area contributed by atoms with Crippen molar-refractivity contribution >= 4 is 28.9 Å². The van der Waals surface area contributed by atoms with Crippen LogP contribution in [0, 0.1) is 0 Å². The van der Waals surface area contributed by atoms with E-state index >= 15 is 0 Å². The standard InChI is InChI=1S/C17H20Cl2N2/c1-12(13-7-4-5-8-15(13)18)21(3)17-10-6-9-16(19)14(17)11-20-2/h4-10,12,20H,11H2,1-3H3. The van der Waals surface area contributed by atoms with Crippen molar-refractivity contribution in [3.05, 3.63) is 63.6 Å². The van der Waals surface area contributed by atoms with E-state index in [4.69, 9.17) is 23.2 Å². The van der Waals surface area contributed by atoms with E-state index in [1.54, 1.807) is 0 Å². The molecular formula is C17H20Cl2N2. The Balaban J connectivity index is 2.38. The molecule has 0 heterocycles. The Kier molecular flexibility index (Phi) is 5.51. The Bertz CT molecular complexity index is 613. The molecule has 0 radical (unpaired) electrons. The second kappa shape index (κ2) is 7.17. The fourth-order valence-corrected chi connectivity index (χ4v) is 2.99. The number of nitrogens with zero attached hydrogens (tertiary/aromatic N) is 1. The van der Waals surface area contributed by atoms with Gasteiger partial charge in [-0.1, -0.05) is 47.5 Å². The lowest BCUT2D eigenvalue weighted by Crippen LogP contribution is -2.24. The summed E-state index contributed by atoms with van der Waals surface area (Å²) < 4.78 is 0. The summed E-state index contributed by atoms with van der Waals surface area (Å²) in [4.78, 5) is 2.21. The summed E-state index contributed by atoms with van der Waals surface area (Å²) in [6.07, 6.45) is 0. The van der Waals surface area contributed by atoms with Crippen molar-refractivity contribution < 1.29 is 0 Å². The monoisotopic (exact) mass is 322 g/mol. The Morgan fingerprint density at radius 3 is 2.38 bits per heavy atom. The van der Waals surface area contributed by atoms with Gasteiger partial charge in [-0.05, 0) is 37.7 Å². The Labute approximate surface area is 136 Å². The normalized spacial score (nSPS) is 12.2. The van der Waals surface area contributed by atoms with Gasteiger partial charge in [-0.3, -0.25) is 0 Å². The van der Waals surface area contributed by atoms with Gasteiger partial charge in [0.25, 0.3) is 0 Å². The number of benzene rings is 2. The van der Waals surface area contributed by atoms with Crippen molar-refractivity contribution in [3.63, 3.8) is 0 Å². The molecule has 2 aromatic rings. The van der Waals surface area contributed by atoms with Gasteiger partial charge in [-0.15, -0.1) is 0 Å². The second-order valence-corrected chi connectivity index (χ2v) is 5.89. The molecule has 0 fully saturated rings. The average Bonchev–Trinajstić information content (AvgIpc) is 2.48. The molecule has 2 rings (SSSR count). The van der Waals surface area contributed by atoms with E-state index in [-0.39, 0.29) is 6.04 Å². The first-order chi connectivity index (χ1) is 10.1. The number of nitrogens with one attached hydrogen (secondary N) is 1. The Hall–Kier alpha value is -1.22. The van der Waals surface area contributed by atoms with Gasteiger partial charge < -0.3 is 10.2 Å².